The minimum Gasteiger partial charge on any atom is -0.444 e. The lowest BCUT2D eigenvalue weighted by molar-refractivity contribution is 0.0224. The van der Waals surface area contributed by atoms with Crippen molar-refractivity contribution in [1.82, 2.24) is 13.7 Å². The van der Waals surface area contributed by atoms with E-state index in [0.717, 1.165) is 23.3 Å². The van der Waals surface area contributed by atoms with E-state index in [0.29, 0.717) is 13.1 Å². The lowest BCUT2D eigenvalue weighted by Gasteiger charge is -2.30. The molecule has 1 amide bonds. The van der Waals surface area contributed by atoms with Gasteiger partial charge in [0.2, 0.25) is 0 Å². The van der Waals surface area contributed by atoms with E-state index < -0.39 is 5.60 Å². The van der Waals surface area contributed by atoms with Gasteiger partial charge in [0.25, 0.3) is 0 Å². The van der Waals surface area contributed by atoms with E-state index in [2.05, 4.69) is 21.2 Å². The molecule has 0 N–H and O–H groups in total. The number of rotatable bonds is 0. The molecular formula is C11H17BBrN3O2. The molecule has 1 aromatic heterocycles. The van der Waals surface area contributed by atoms with E-state index in [9.17, 15) is 4.79 Å². The highest BCUT2D eigenvalue weighted by molar-refractivity contribution is 9.08. The van der Waals surface area contributed by atoms with E-state index in [4.69, 9.17) is 4.74 Å². The number of carbonyl (C=O) groups is 1. The van der Waals surface area contributed by atoms with E-state index in [1.54, 1.807) is 8.61 Å². The summed E-state index contributed by atoms with van der Waals surface area (Å²) in [6.07, 6.45) is 0.538. The lowest BCUT2D eigenvalue weighted by Crippen LogP contribution is -2.41. The maximum atomic E-state index is 12.0. The fraction of sp³-hybridized carbons (Fsp3) is 0.636. The Balaban J connectivity index is 2.12. The van der Waals surface area contributed by atoms with Gasteiger partial charge in [-0.3, -0.25) is 0 Å². The molecule has 0 saturated carbocycles. The van der Waals surface area contributed by atoms with Gasteiger partial charge in [0, 0.05) is 24.1 Å². The van der Waals surface area contributed by atoms with Crippen molar-refractivity contribution in [2.75, 3.05) is 6.54 Å². The largest absolute Gasteiger partial charge is 0.444 e. The highest BCUT2D eigenvalue weighted by Crippen LogP contribution is 2.20. The molecule has 0 unspecified atom stereocenters. The average molecular weight is 314 g/mol. The van der Waals surface area contributed by atoms with E-state index in [-0.39, 0.29) is 6.09 Å². The van der Waals surface area contributed by atoms with Gasteiger partial charge >= 0.3 is 6.09 Å². The summed E-state index contributed by atoms with van der Waals surface area (Å²) in [5.74, 6) is 0. The molecule has 0 bridgehead atoms. The Morgan fingerprint density at radius 2 is 2.17 bits per heavy atom. The van der Waals surface area contributed by atoms with Gasteiger partial charge in [0.05, 0.1) is 28.4 Å². The van der Waals surface area contributed by atoms with E-state index in [1.165, 1.54) is 0 Å². The monoisotopic (exact) mass is 313 g/mol. The molecule has 2 heterocycles. The normalized spacial score (nSPS) is 15.4. The Bertz CT molecular complexity index is 481. The number of ether oxygens (including phenoxy) is 1. The number of hydrogen-bond acceptors (Lipinski definition) is 3. The molecule has 1 aromatic rings. The van der Waals surface area contributed by atoms with Gasteiger partial charge in [-0.25, -0.2) is 8.50 Å². The molecule has 0 saturated heterocycles. The zero-order valence-corrected chi connectivity index (χ0v) is 12.7. The Morgan fingerprint density at radius 1 is 1.50 bits per heavy atom. The van der Waals surface area contributed by atoms with Crippen molar-refractivity contribution in [1.29, 1.82) is 0 Å². The van der Waals surface area contributed by atoms with Crippen LogP contribution in [0.3, 0.4) is 0 Å². The van der Waals surface area contributed by atoms with Crippen LogP contribution in [0, 0.1) is 0 Å². The summed E-state index contributed by atoms with van der Waals surface area (Å²) >= 11 is 3.38. The molecule has 1 aliphatic rings. The van der Waals surface area contributed by atoms with Crippen LogP contribution in [0.4, 0.5) is 4.79 Å². The molecule has 18 heavy (non-hydrogen) atoms. The number of fused-ring (bicyclic) bond motifs is 1. The van der Waals surface area contributed by atoms with E-state index >= 15 is 0 Å². The molecule has 1 aliphatic heterocycles. The molecule has 0 aliphatic carbocycles. The van der Waals surface area contributed by atoms with Gasteiger partial charge in [-0.15, -0.1) is 0 Å². The molecule has 0 spiro atoms. The smallest absolute Gasteiger partial charge is 0.410 e. The fourth-order valence-electron chi connectivity index (χ4n) is 2.01. The van der Waals surface area contributed by atoms with Gasteiger partial charge < -0.3 is 9.64 Å². The van der Waals surface area contributed by atoms with Gasteiger partial charge in [-0.2, -0.15) is 5.10 Å². The standard InChI is InChI=1S/C11H17BBrN3O2/c1-11(2,3)18-10(17)15-5-4-8-7(6-15)9(12)14-16(8)13/h4-6,12H2,1-3H3. The molecule has 5 nitrogen and oxygen atoms in total. The second-order valence-corrected chi connectivity index (χ2v) is 6.19. The van der Waals surface area contributed by atoms with Gasteiger partial charge in [0.15, 0.2) is 7.85 Å². The van der Waals surface area contributed by atoms with Crippen LogP contribution in [-0.4, -0.2) is 39.8 Å². The quantitative estimate of drug-likeness (QED) is 0.659. The third kappa shape index (κ3) is 2.71. The molecule has 7 heteroatoms. The van der Waals surface area contributed by atoms with Gasteiger partial charge in [0.1, 0.15) is 5.60 Å². The third-order valence-electron chi connectivity index (χ3n) is 2.86. The molecule has 98 valence electrons. The van der Waals surface area contributed by atoms with Crippen LogP contribution in [0.1, 0.15) is 32.0 Å². The minimum absolute atomic E-state index is 0.255. The van der Waals surface area contributed by atoms with Crippen molar-refractivity contribution >= 4 is 35.7 Å². The van der Waals surface area contributed by atoms with Crippen LogP contribution in [0.5, 0.6) is 0 Å². The molecule has 0 atom stereocenters. The van der Waals surface area contributed by atoms with Crippen molar-refractivity contribution < 1.29 is 9.53 Å². The first-order valence-corrected chi connectivity index (χ1v) is 6.70. The number of hydrogen-bond donors (Lipinski definition) is 0. The van der Waals surface area contributed by atoms with Crippen molar-refractivity contribution in [3.8, 4) is 0 Å². The zero-order chi connectivity index (χ0) is 13.5. The summed E-state index contributed by atoms with van der Waals surface area (Å²) in [6, 6.07) is 0. The summed E-state index contributed by atoms with van der Waals surface area (Å²) in [5, 5.41) is 4.32. The Morgan fingerprint density at radius 3 is 2.78 bits per heavy atom. The maximum Gasteiger partial charge on any atom is 0.410 e. The number of carbonyl (C=O) groups excluding carboxylic acids is 1. The lowest BCUT2D eigenvalue weighted by atomic mass is 9.95. The van der Waals surface area contributed by atoms with Crippen LogP contribution in [0.15, 0.2) is 0 Å². The summed E-state index contributed by atoms with van der Waals surface area (Å²) in [4.78, 5) is 13.7. The number of aromatic nitrogens is 2. The molecule has 0 fully saturated rings. The zero-order valence-electron chi connectivity index (χ0n) is 11.2. The van der Waals surface area contributed by atoms with Gasteiger partial charge in [-0.1, -0.05) is 0 Å². The summed E-state index contributed by atoms with van der Waals surface area (Å²) < 4.78 is 7.11. The summed E-state index contributed by atoms with van der Waals surface area (Å²) in [5.41, 5.74) is 2.76. The first-order chi connectivity index (χ1) is 8.28. The van der Waals surface area contributed by atoms with Crippen LogP contribution < -0.4 is 5.59 Å². The van der Waals surface area contributed by atoms with Crippen LogP contribution >= 0.6 is 16.1 Å². The fourth-order valence-corrected chi connectivity index (χ4v) is 2.64. The Hall–Kier alpha value is -0.975. The minimum atomic E-state index is -0.452. The molecule has 0 aromatic carbocycles. The van der Waals surface area contributed by atoms with Crippen molar-refractivity contribution in [2.24, 2.45) is 0 Å². The summed E-state index contributed by atoms with van der Waals surface area (Å²) in [6.45, 7) is 6.87. The Labute approximate surface area is 116 Å². The summed E-state index contributed by atoms with van der Waals surface area (Å²) in [7, 11) is 1.95. The average Bonchev–Trinajstić information content (AvgIpc) is 2.52. The topological polar surface area (TPSA) is 47.4 Å². The first kappa shape index (κ1) is 13.5. The molecule has 0 radical (unpaired) electrons. The van der Waals surface area contributed by atoms with Gasteiger partial charge in [-0.05, 0) is 20.8 Å². The Kier molecular flexibility index (Phi) is 3.44. The number of nitrogens with zero attached hydrogens (tertiary/aromatic N) is 3. The highest BCUT2D eigenvalue weighted by atomic mass is 79.9. The van der Waals surface area contributed by atoms with Crippen molar-refractivity contribution in [2.45, 2.75) is 39.3 Å². The molecular weight excluding hydrogens is 297 g/mol. The third-order valence-corrected chi connectivity index (χ3v) is 3.45. The second kappa shape index (κ2) is 4.61. The highest BCUT2D eigenvalue weighted by Gasteiger charge is 2.28. The predicted octanol–water partition coefficient (Wildman–Crippen LogP) is 0.593. The first-order valence-electron chi connectivity index (χ1n) is 5.99. The number of amides is 1. The molecule has 2 rings (SSSR count). The maximum absolute atomic E-state index is 12.0. The van der Waals surface area contributed by atoms with Crippen LogP contribution in [0.25, 0.3) is 0 Å². The van der Waals surface area contributed by atoms with Crippen molar-refractivity contribution in [3.05, 3.63) is 11.3 Å². The van der Waals surface area contributed by atoms with Crippen LogP contribution in [0.2, 0.25) is 0 Å². The number of halogens is 1. The SMILES string of the molecule is Bc1nn(Br)c2c1CN(C(=O)OC(C)(C)C)CC2. The second-order valence-electron chi connectivity index (χ2n) is 5.52. The van der Waals surface area contributed by atoms with Crippen molar-refractivity contribution in [3.63, 3.8) is 0 Å². The van der Waals surface area contributed by atoms with E-state index in [1.807, 2.05) is 28.6 Å². The van der Waals surface area contributed by atoms with Crippen LogP contribution in [-0.2, 0) is 17.7 Å². The predicted molar refractivity (Wildman–Crippen MR) is 75.1 cm³/mol.